The van der Waals surface area contributed by atoms with Crippen molar-refractivity contribution in [1.29, 1.82) is 0 Å². The van der Waals surface area contributed by atoms with Crippen molar-refractivity contribution < 1.29 is 4.74 Å². The van der Waals surface area contributed by atoms with E-state index in [0.717, 1.165) is 73.7 Å². The van der Waals surface area contributed by atoms with Crippen LogP contribution in [0.15, 0.2) is 30.5 Å². The number of likely N-dealkylation sites (N-methyl/N-ethyl adjacent to an activating group) is 1. The summed E-state index contributed by atoms with van der Waals surface area (Å²) in [4.78, 5) is 6.90. The summed E-state index contributed by atoms with van der Waals surface area (Å²) in [6.45, 7) is 16.1. The summed E-state index contributed by atoms with van der Waals surface area (Å²) in [5, 5.41) is 5.48. The van der Waals surface area contributed by atoms with Gasteiger partial charge >= 0.3 is 0 Å². The molecule has 0 fully saturated rings. The van der Waals surface area contributed by atoms with Crippen molar-refractivity contribution in [3.63, 3.8) is 0 Å². The molecule has 29 heavy (non-hydrogen) atoms. The summed E-state index contributed by atoms with van der Waals surface area (Å²) in [6, 6.07) is 8.31. The number of halogens is 1. The van der Waals surface area contributed by atoms with Crippen molar-refractivity contribution in [2.24, 2.45) is 5.41 Å². The molecule has 1 aromatic heterocycles. The minimum Gasteiger partial charge on any atom is -0.382 e. The highest BCUT2D eigenvalue weighted by atomic mass is 35.5. The molecule has 1 N–H and O–H groups in total. The number of hydrogen-bond donors (Lipinski definition) is 1. The Labute approximate surface area is 182 Å². The predicted molar refractivity (Wildman–Crippen MR) is 126 cm³/mol. The maximum atomic E-state index is 6.09. The number of aromatic nitrogens is 1. The highest BCUT2D eigenvalue weighted by Crippen LogP contribution is 2.25. The molecule has 0 spiro atoms. The van der Waals surface area contributed by atoms with Crippen LogP contribution in [0.5, 0.6) is 0 Å². The lowest BCUT2D eigenvalue weighted by atomic mass is 9.92. The number of pyridine rings is 1. The van der Waals surface area contributed by atoms with Gasteiger partial charge in [-0.05, 0) is 69.0 Å². The van der Waals surface area contributed by atoms with Gasteiger partial charge in [0.2, 0.25) is 0 Å². The number of nitrogens with one attached hydrogen (secondary N) is 1. The average molecular weight is 420 g/mol. The molecule has 0 radical (unpaired) electrons. The molecule has 1 atom stereocenters. The zero-order chi connectivity index (χ0) is 21.3. The Bertz CT molecular complexity index is 750. The quantitative estimate of drug-likeness (QED) is 0.389. The molecule has 0 saturated carbocycles. The van der Waals surface area contributed by atoms with Gasteiger partial charge in [0.05, 0.1) is 18.7 Å². The second kappa shape index (κ2) is 11.7. The van der Waals surface area contributed by atoms with Gasteiger partial charge in [-0.2, -0.15) is 0 Å². The van der Waals surface area contributed by atoms with Crippen LogP contribution >= 0.6 is 11.6 Å². The second-order valence-corrected chi connectivity index (χ2v) is 9.15. The van der Waals surface area contributed by atoms with Crippen molar-refractivity contribution in [2.45, 2.75) is 59.9 Å². The maximum Gasteiger partial charge on any atom is 0.0737 e. The van der Waals surface area contributed by atoms with Crippen LogP contribution in [0, 0.1) is 5.41 Å². The van der Waals surface area contributed by atoms with Crippen molar-refractivity contribution in [2.75, 3.05) is 38.2 Å². The van der Waals surface area contributed by atoms with Crippen LogP contribution in [0.1, 0.15) is 53.9 Å². The predicted octanol–water partition coefficient (Wildman–Crippen LogP) is 6.24. The Morgan fingerprint density at radius 1 is 1.21 bits per heavy atom. The molecule has 162 valence electrons. The molecule has 0 aliphatic rings. The lowest BCUT2D eigenvalue weighted by molar-refractivity contribution is 0.0462. The third-order valence-corrected chi connectivity index (χ3v) is 5.90. The molecule has 0 amide bonds. The number of anilines is 1. The number of benzene rings is 1. The summed E-state index contributed by atoms with van der Waals surface area (Å²) in [5.74, 6) is 0. The van der Waals surface area contributed by atoms with Gasteiger partial charge in [-0.1, -0.05) is 39.3 Å². The summed E-state index contributed by atoms with van der Waals surface area (Å²) >= 11 is 6.09. The molecular weight excluding hydrogens is 382 g/mol. The lowest BCUT2D eigenvalue weighted by Crippen LogP contribution is -2.30. The summed E-state index contributed by atoms with van der Waals surface area (Å²) in [6.07, 6.45) is 5.27. The highest BCUT2D eigenvalue weighted by Gasteiger charge is 2.15. The molecule has 1 heterocycles. The number of hydrogen-bond acceptors (Lipinski definition) is 4. The first-order valence-electron chi connectivity index (χ1n) is 11.0. The van der Waals surface area contributed by atoms with Gasteiger partial charge in [-0.15, -0.1) is 0 Å². The third kappa shape index (κ3) is 8.12. The lowest BCUT2D eigenvalue weighted by Gasteiger charge is -2.25. The van der Waals surface area contributed by atoms with E-state index in [-0.39, 0.29) is 5.41 Å². The van der Waals surface area contributed by atoms with Crippen molar-refractivity contribution >= 4 is 28.2 Å². The number of nitrogens with zero attached hydrogens (tertiary/aromatic N) is 2. The van der Waals surface area contributed by atoms with Gasteiger partial charge in [-0.25, -0.2) is 0 Å². The largest absolute Gasteiger partial charge is 0.382 e. The smallest absolute Gasteiger partial charge is 0.0737 e. The summed E-state index contributed by atoms with van der Waals surface area (Å²) in [5.41, 5.74) is 2.33. The van der Waals surface area contributed by atoms with Crippen molar-refractivity contribution in [3.8, 4) is 0 Å². The van der Waals surface area contributed by atoms with Gasteiger partial charge in [0, 0.05) is 34.9 Å². The first-order chi connectivity index (χ1) is 13.8. The Morgan fingerprint density at radius 3 is 2.72 bits per heavy atom. The second-order valence-electron chi connectivity index (χ2n) is 8.71. The topological polar surface area (TPSA) is 37.4 Å². The average Bonchev–Trinajstić information content (AvgIpc) is 2.69. The van der Waals surface area contributed by atoms with Gasteiger partial charge < -0.3 is 15.0 Å². The molecule has 4 nitrogen and oxygen atoms in total. The fourth-order valence-corrected chi connectivity index (χ4v) is 3.44. The van der Waals surface area contributed by atoms with Gasteiger partial charge in [0.1, 0.15) is 0 Å². The zero-order valence-corrected chi connectivity index (χ0v) is 19.6. The minimum atomic E-state index is 0.278. The molecule has 5 heteroatoms. The minimum absolute atomic E-state index is 0.278. The molecule has 0 aliphatic heterocycles. The van der Waals surface area contributed by atoms with E-state index in [1.807, 2.05) is 30.5 Å². The SMILES string of the molecule is CCN(CCCC(C)Nc1ccnc2cc(Cl)ccc12)CCOCC(C)(C)CC. The fourth-order valence-electron chi connectivity index (χ4n) is 3.28. The van der Waals surface area contributed by atoms with E-state index in [1.54, 1.807) is 0 Å². The first-order valence-corrected chi connectivity index (χ1v) is 11.3. The van der Waals surface area contributed by atoms with Gasteiger partial charge in [0.15, 0.2) is 0 Å². The number of ether oxygens (including phenoxy) is 1. The highest BCUT2D eigenvalue weighted by molar-refractivity contribution is 6.31. The molecule has 0 bridgehead atoms. The molecule has 1 unspecified atom stereocenters. The molecule has 0 saturated heterocycles. The van der Waals surface area contributed by atoms with Crippen LogP contribution in [-0.2, 0) is 4.74 Å². The Kier molecular flexibility index (Phi) is 9.67. The fraction of sp³-hybridized carbons (Fsp3) is 0.625. The monoisotopic (exact) mass is 419 g/mol. The zero-order valence-electron chi connectivity index (χ0n) is 18.8. The van der Waals surface area contributed by atoms with Gasteiger partial charge in [-0.3, -0.25) is 4.98 Å². The molecule has 2 rings (SSSR count). The van der Waals surface area contributed by atoms with E-state index in [0.29, 0.717) is 6.04 Å². The van der Waals surface area contributed by atoms with Crippen LogP contribution in [0.3, 0.4) is 0 Å². The normalized spacial score (nSPS) is 13.2. The van der Waals surface area contributed by atoms with Crippen LogP contribution < -0.4 is 5.32 Å². The van der Waals surface area contributed by atoms with Crippen LogP contribution in [0.25, 0.3) is 10.9 Å². The van der Waals surface area contributed by atoms with E-state index >= 15 is 0 Å². The van der Waals surface area contributed by atoms with E-state index in [4.69, 9.17) is 16.3 Å². The van der Waals surface area contributed by atoms with Crippen LogP contribution in [-0.4, -0.2) is 48.8 Å². The standard InChI is InChI=1S/C24H38ClN3O/c1-6-24(4,5)18-29-16-15-28(7-2)14-8-9-19(3)27-22-12-13-26-23-17-20(25)10-11-21(22)23/h10-13,17,19H,6-9,14-16,18H2,1-5H3,(H,26,27). The summed E-state index contributed by atoms with van der Waals surface area (Å²) in [7, 11) is 0. The third-order valence-electron chi connectivity index (χ3n) is 5.67. The Hall–Kier alpha value is -1.36. The van der Waals surface area contributed by atoms with Crippen molar-refractivity contribution in [3.05, 3.63) is 35.5 Å². The van der Waals surface area contributed by atoms with Crippen LogP contribution in [0.4, 0.5) is 5.69 Å². The van der Waals surface area contributed by atoms with Crippen LogP contribution in [0.2, 0.25) is 5.02 Å². The molecular formula is C24H38ClN3O. The van der Waals surface area contributed by atoms with E-state index in [9.17, 15) is 0 Å². The van der Waals surface area contributed by atoms with Gasteiger partial charge in [0.25, 0.3) is 0 Å². The Balaban J connectivity index is 1.74. The van der Waals surface area contributed by atoms with E-state index in [2.05, 4.69) is 49.8 Å². The molecule has 2 aromatic rings. The first kappa shape index (κ1) is 23.9. The van der Waals surface area contributed by atoms with Crippen molar-refractivity contribution in [1.82, 2.24) is 9.88 Å². The van der Waals surface area contributed by atoms with E-state index in [1.165, 1.54) is 0 Å². The molecule has 0 aliphatic carbocycles. The number of rotatable bonds is 13. The Morgan fingerprint density at radius 2 is 2.00 bits per heavy atom. The number of fused-ring (bicyclic) bond motifs is 1. The van der Waals surface area contributed by atoms with E-state index < -0.39 is 0 Å². The summed E-state index contributed by atoms with van der Waals surface area (Å²) < 4.78 is 5.91. The molecule has 1 aromatic carbocycles. The maximum absolute atomic E-state index is 6.09.